The fraction of sp³-hybridized carbons (Fsp3) is 0.875. The monoisotopic (exact) mass is 573 g/mol. The fourth-order valence-electron chi connectivity index (χ4n) is 11.8. The average Bonchev–Trinajstić information content (AvgIpc) is 3.32. The molecule has 3 heterocycles. The van der Waals surface area contributed by atoms with Gasteiger partial charge < -0.3 is 29.9 Å². The van der Waals surface area contributed by atoms with Gasteiger partial charge in [0.05, 0.1) is 5.60 Å². The second-order valence-electron chi connectivity index (χ2n) is 15.4. The summed E-state index contributed by atoms with van der Waals surface area (Å²) < 4.78 is 12.4. The van der Waals surface area contributed by atoms with Crippen molar-refractivity contribution in [2.24, 2.45) is 40.9 Å². The summed E-state index contributed by atoms with van der Waals surface area (Å²) in [5.74, 6) is -2.93. The predicted molar refractivity (Wildman–Crippen MR) is 147 cm³/mol. The van der Waals surface area contributed by atoms with E-state index in [1.807, 2.05) is 6.92 Å². The highest BCUT2D eigenvalue weighted by molar-refractivity contribution is 5.87. The van der Waals surface area contributed by atoms with Gasteiger partial charge in [0.2, 0.25) is 0 Å². The molecule has 228 valence electrons. The molecule has 4 bridgehead atoms. The first kappa shape index (κ1) is 28.3. The van der Waals surface area contributed by atoms with Gasteiger partial charge in [-0.2, -0.15) is 0 Å². The number of aliphatic hydroxyl groups is 4. The number of hydrogen-bond acceptors (Lipinski definition) is 9. The van der Waals surface area contributed by atoms with Gasteiger partial charge in [0, 0.05) is 47.9 Å². The van der Waals surface area contributed by atoms with Crippen molar-refractivity contribution < 1.29 is 39.5 Å². The summed E-state index contributed by atoms with van der Waals surface area (Å²) >= 11 is 0. The molecule has 0 aromatic rings. The number of allylic oxidation sites excluding steroid dienone is 1. The minimum absolute atomic E-state index is 0.150. The molecule has 1 spiro atoms. The topological polar surface area (TPSA) is 137 Å². The van der Waals surface area contributed by atoms with Gasteiger partial charge in [0.25, 0.3) is 0 Å². The standard InChI is InChI=1S/C32H47NO8/c1-6-17(3)26(35)40-24-23-18(15-33-14-16(2)7-10-22(33)29(23,5)37)19-13-31-21(32(19,39)25(24)34)9-8-20-28(31,4)11-12-30(20,38)27(36)41-31/h6,16,18-25,34,37-39H,7-15H2,1-5H3/b17-6-/t16-,18?,19?,20-,21?,22?,23?,24+,25?,28-,29+,30+,31?,32?/m0/s1. The first-order valence-corrected chi connectivity index (χ1v) is 15.8. The first-order chi connectivity index (χ1) is 19.2. The van der Waals surface area contributed by atoms with Crippen LogP contribution in [-0.2, 0) is 19.1 Å². The summed E-state index contributed by atoms with van der Waals surface area (Å²) in [5, 5.41) is 48.9. The van der Waals surface area contributed by atoms with Crippen molar-refractivity contribution in [2.75, 3.05) is 13.1 Å². The number of rotatable bonds is 2. The molecule has 41 heavy (non-hydrogen) atoms. The molecule has 7 aliphatic rings. The first-order valence-electron chi connectivity index (χ1n) is 15.8. The second kappa shape index (κ2) is 8.56. The Morgan fingerprint density at radius 1 is 1.07 bits per heavy atom. The van der Waals surface area contributed by atoms with E-state index in [1.165, 1.54) is 0 Å². The smallest absolute Gasteiger partial charge is 0.339 e. The van der Waals surface area contributed by atoms with Gasteiger partial charge in [0.1, 0.15) is 23.4 Å². The molecule has 0 aromatic heterocycles. The van der Waals surface area contributed by atoms with E-state index in [0.717, 1.165) is 19.4 Å². The maximum absolute atomic E-state index is 13.4. The van der Waals surface area contributed by atoms with Crippen LogP contribution in [0.1, 0.15) is 79.6 Å². The van der Waals surface area contributed by atoms with Crippen molar-refractivity contribution in [2.45, 2.75) is 120 Å². The highest BCUT2D eigenvalue weighted by atomic mass is 16.6. The minimum atomic E-state index is -1.69. The second-order valence-corrected chi connectivity index (χ2v) is 15.4. The van der Waals surface area contributed by atoms with Crippen molar-refractivity contribution in [1.29, 1.82) is 0 Å². The number of carbonyl (C=O) groups is 2. The molecule has 4 saturated carbocycles. The molecule has 8 unspecified atom stereocenters. The number of aliphatic hydroxyl groups excluding tert-OH is 1. The van der Waals surface area contributed by atoms with Gasteiger partial charge in [-0.05, 0) is 83.5 Å². The lowest BCUT2D eigenvalue weighted by atomic mass is 9.50. The highest BCUT2D eigenvalue weighted by Crippen LogP contribution is 2.75. The third-order valence-electron chi connectivity index (χ3n) is 13.8. The molecular formula is C32H47NO8. The predicted octanol–water partition coefficient (Wildman–Crippen LogP) is 1.94. The molecule has 3 aliphatic heterocycles. The number of carbonyl (C=O) groups excluding carboxylic acids is 2. The quantitative estimate of drug-likeness (QED) is 0.289. The van der Waals surface area contributed by atoms with Crippen LogP contribution >= 0.6 is 0 Å². The largest absolute Gasteiger partial charge is 0.456 e. The number of hydrogen-bond donors (Lipinski definition) is 4. The number of ether oxygens (including phenoxy) is 2. The molecule has 7 rings (SSSR count). The van der Waals surface area contributed by atoms with Crippen LogP contribution in [0.5, 0.6) is 0 Å². The lowest BCUT2D eigenvalue weighted by molar-refractivity contribution is -0.295. The van der Waals surface area contributed by atoms with Crippen LogP contribution in [0.25, 0.3) is 0 Å². The SMILES string of the molecule is C/C=C(/C)C(=O)O[C@H]1C(O)C2(O)C(CC34OC(=O)[C@@]5(O)CC[C@@]3(C)[C@@H]5CCC24)C2CN3C[C@@H](C)CCC3[C@@](C)(O)C21. The Morgan fingerprint density at radius 2 is 1.78 bits per heavy atom. The Kier molecular flexibility index (Phi) is 5.90. The maximum atomic E-state index is 13.4. The molecule has 0 radical (unpaired) electrons. The number of esters is 2. The molecule has 3 saturated heterocycles. The Labute approximate surface area is 242 Å². The van der Waals surface area contributed by atoms with Crippen LogP contribution in [-0.4, -0.2) is 91.0 Å². The van der Waals surface area contributed by atoms with Gasteiger partial charge in [-0.25, -0.2) is 9.59 Å². The zero-order valence-electron chi connectivity index (χ0n) is 25.0. The van der Waals surface area contributed by atoms with Gasteiger partial charge >= 0.3 is 11.9 Å². The fourth-order valence-corrected chi connectivity index (χ4v) is 11.8. The van der Waals surface area contributed by atoms with Crippen molar-refractivity contribution in [3.8, 4) is 0 Å². The molecule has 4 aliphatic carbocycles. The summed E-state index contributed by atoms with van der Waals surface area (Å²) in [6, 6.07) is -0.150. The third kappa shape index (κ3) is 3.20. The zero-order chi connectivity index (χ0) is 29.5. The summed E-state index contributed by atoms with van der Waals surface area (Å²) in [4.78, 5) is 29.0. The molecule has 14 atom stereocenters. The molecule has 0 amide bonds. The highest BCUT2D eigenvalue weighted by Gasteiger charge is 2.84. The molecule has 9 nitrogen and oxygen atoms in total. The number of fused-ring (bicyclic) bond motifs is 5. The van der Waals surface area contributed by atoms with E-state index >= 15 is 0 Å². The minimum Gasteiger partial charge on any atom is -0.456 e. The van der Waals surface area contributed by atoms with Crippen LogP contribution in [0.4, 0.5) is 0 Å². The van der Waals surface area contributed by atoms with Crippen molar-refractivity contribution in [1.82, 2.24) is 4.90 Å². The maximum Gasteiger partial charge on any atom is 0.339 e. The Bertz CT molecular complexity index is 1200. The van der Waals surface area contributed by atoms with Crippen molar-refractivity contribution >= 4 is 11.9 Å². The Balaban J connectivity index is 1.37. The average molecular weight is 574 g/mol. The Hall–Kier alpha value is -1.52. The van der Waals surface area contributed by atoms with Crippen LogP contribution < -0.4 is 0 Å². The summed E-state index contributed by atoms with van der Waals surface area (Å²) in [6.45, 7) is 11.0. The van der Waals surface area contributed by atoms with E-state index in [0.29, 0.717) is 50.1 Å². The number of nitrogens with zero attached hydrogens (tertiary/aromatic N) is 1. The normalized spacial score (nSPS) is 57.6. The van der Waals surface area contributed by atoms with E-state index in [2.05, 4.69) is 18.7 Å². The molecule has 4 N–H and O–H groups in total. The van der Waals surface area contributed by atoms with Gasteiger partial charge in [0.15, 0.2) is 5.60 Å². The summed E-state index contributed by atoms with van der Waals surface area (Å²) in [5.41, 5.74) is -5.67. The van der Waals surface area contributed by atoms with Crippen LogP contribution in [0.15, 0.2) is 11.6 Å². The van der Waals surface area contributed by atoms with Crippen LogP contribution in [0, 0.1) is 40.9 Å². The third-order valence-corrected chi connectivity index (χ3v) is 13.8. The van der Waals surface area contributed by atoms with Gasteiger partial charge in [-0.1, -0.05) is 19.9 Å². The van der Waals surface area contributed by atoms with Gasteiger partial charge in [-0.3, -0.25) is 4.90 Å². The van der Waals surface area contributed by atoms with Crippen LogP contribution in [0.3, 0.4) is 0 Å². The van der Waals surface area contributed by atoms with E-state index in [-0.39, 0.29) is 17.9 Å². The van der Waals surface area contributed by atoms with Crippen LogP contribution in [0.2, 0.25) is 0 Å². The molecular weight excluding hydrogens is 526 g/mol. The van der Waals surface area contributed by atoms with Crippen molar-refractivity contribution in [3.05, 3.63) is 11.6 Å². The molecule has 9 heteroatoms. The summed E-state index contributed by atoms with van der Waals surface area (Å²) in [7, 11) is 0. The van der Waals surface area contributed by atoms with Crippen molar-refractivity contribution in [3.63, 3.8) is 0 Å². The van der Waals surface area contributed by atoms with E-state index < -0.39 is 69.7 Å². The van der Waals surface area contributed by atoms with E-state index in [1.54, 1.807) is 19.9 Å². The van der Waals surface area contributed by atoms with E-state index in [9.17, 15) is 30.0 Å². The molecule has 7 fully saturated rings. The number of piperidine rings is 2. The lowest BCUT2D eigenvalue weighted by Crippen LogP contribution is -2.77. The zero-order valence-corrected chi connectivity index (χ0v) is 25.0. The molecule has 0 aromatic carbocycles. The van der Waals surface area contributed by atoms with Gasteiger partial charge in [-0.15, -0.1) is 0 Å². The van der Waals surface area contributed by atoms with E-state index in [4.69, 9.17) is 9.47 Å². The Morgan fingerprint density at radius 3 is 2.49 bits per heavy atom. The summed E-state index contributed by atoms with van der Waals surface area (Å²) in [6.07, 6.45) is 3.20. The lowest BCUT2D eigenvalue weighted by Gasteiger charge is -2.64.